The van der Waals surface area contributed by atoms with Crippen molar-refractivity contribution in [3.63, 3.8) is 0 Å². The summed E-state index contributed by atoms with van der Waals surface area (Å²) in [7, 11) is 0. The second kappa shape index (κ2) is 11.7. The van der Waals surface area contributed by atoms with Gasteiger partial charge in [-0.2, -0.15) is 0 Å². The Hall–Kier alpha value is -2.96. The van der Waals surface area contributed by atoms with Crippen molar-refractivity contribution in [2.24, 2.45) is 5.73 Å². The van der Waals surface area contributed by atoms with E-state index in [1.807, 2.05) is 0 Å². The molecule has 3 heterocycles. The molecule has 3 rings (SSSR count). The van der Waals surface area contributed by atoms with Gasteiger partial charge in [0.2, 0.25) is 5.91 Å². The molecule has 0 spiro atoms. The highest BCUT2D eigenvalue weighted by atomic mass is 16.6. The number of carbonyl (C=O) groups excluding carboxylic acids is 1. The zero-order chi connectivity index (χ0) is 21.1. The number of carboxylic acids is 1. The van der Waals surface area contributed by atoms with Crippen LogP contribution in [0.1, 0.15) is 20.7 Å². The zero-order valence-electron chi connectivity index (χ0n) is 14.6. The standard InChI is InChI=1S/C6H6N2O.C6H5NO2.C5H10O5/c7-6(9)5-2-1-3-8-4-5;8-6(9)5-2-1-3-7-4-5;6-1-2-3(7)4(8)5(9)10-2/h1-4H,(H2,7,9);1-4H,(H,8,9);2-9H,1H2/t;;2-,3-,4-,5?/m..1/s1. The molecule has 2 aromatic heterocycles. The van der Waals surface area contributed by atoms with Gasteiger partial charge in [-0.15, -0.1) is 0 Å². The maximum atomic E-state index is 10.4. The largest absolute Gasteiger partial charge is 0.478 e. The van der Waals surface area contributed by atoms with Crippen LogP contribution < -0.4 is 5.73 Å². The lowest BCUT2D eigenvalue weighted by Gasteiger charge is -2.09. The van der Waals surface area contributed by atoms with Crippen LogP contribution in [0, 0.1) is 0 Å². The maximum absolute atomic E-state index is 10.4. The van der Waals surface area contributed by atoms with Crippen molar-refractivity contribution in [3.05, 3.63) is 60.2 Å². The summed E-state index contributed by atoms with van der Waals surface area (Å²) in [6.07, 6.45) is 1.11. The summed E-state index contributed by atoms with van der Waals surface area (Å²) < 4.78 is 4.54. The van der Waals surface area contributed by atoms with E-state index in [0.717, 1.165) is 0 Å². The molecule has 1 fully saturated rings. The number of aromatic nitrogens is 2. The molecule has 1 unspecified atom stereocenters. The summed E-state index contributed by atoms with van der Waals surface area (Å²) in [5.74, 6) is -1.38. The molecule has 0 saturated carbocycles. The summed E-state index contributed by atoms with van der Waals surface area (Å²) in [6, 6.07) is 6.37. The molecule has 0 bridgehead atoms. The van der Waals surface area contributed by atoms with Crippen molar-refractivity contribution in [1.29, 1.82) is 0 Å². The van der Waals surface area contributed by atoms with E-state index in [4.69, 9.17) is 31.3 Å². The fourth-order valence-corrected chi connectivity index (χ4v) is 1.88. The number of carboxylic acid groups (broad SMARTS) is 1. The predicted octanol–water partition coefficient (Wildman–Crippen LogP) is -1.62. The number of nitrogens with two attached hydrogens (primary N) is 1. The van der Waals surface area contributed by atoms with Crippen LogP contribution in [0.4, 0.5) is 0 Å². The number of hydrogen-bond donors (Lipinski definition) is 6. The van der Waals surface area contributed by atoms with E-state index in [1.165, 1.54) is 24.7 Å². The Kier molecular flexibility index (Phi) is 9.64. The number of rotatable bonds is 3. The molecule has 0 radical (unpaired) electrons. The molecule has 11 heteroatoms. The number of primary amides is 1. The number of amides is 1. The fourth-order valence-electron chi connectivity index (χ4n) is 1.88. The van der Waals surface area contributed by atoms with Gasteiger partial charge in [0.25, 0.3) is 0 Å². The summed E-state index contributed by atoms with van der Waals surface area (Å²) in [5.41, 5.74) is 5.60. The van der Waals surface area contributed by atoms with Gasteiger partial charge in [0.15, 0.2) is 6.29 Å². The molecule has 1 aliphatic rings. The number of aliphatic hydroxyl groups is 4. The minimum absolute atomic E-state index is 0.220. The lowest BCUT2D eigenvalue weighted by molar-refractivity contribution is -0.132. The quantitative estimate of drug-likeness (QED) is 0.351. The minimum atomic E-state index is -1.38. The minimum Gasteiger partial charge on any atom is -0.478 e. The average Bonchev–Trinajstić information content (AvgIpc) is 2.97. The van der Waals surface area contributed by atoms with E-state index in [2.05, 4.69) is 14.7 Å². The van der Waals surface area contributed by atoms with Gasteiger partial charge in [-0.3, -0.25) is 14.8 Å². The SMILES string of the molecule is NC(=O)c1cccnc1.O=C(O)c1cccnc1.OC[C@H]1OC(O)[C@H](O)[C@@H]1O. The Labute approximate surface area is 159 Å². The van der Waals surface area contributed by atoms with Crippen LogP contribution in [-0.2, 0) is 4.74 Å². The van der Waals surface area contributed by atoms with Crippen LogP contribution in [0.5, 0.6) is 0 Å². The lowest BCUT2D eigenvalue weighted by Crippen LogP contribution is -2.33. The summed E-state index contributed by atoms with van der Waals surface area (Å²) >= 11 is 0. The van der Waals surface area contributed by atoms with Crippen molar-refractivity contribution in [1.82, 2.24) is 9.97 Å². The molecule has 11 nitrogen and oxygen atoms in total. The van der Waals surface area contributed by atoms with Gasteiger partial charge < -0.3 is 36.0 Å². The lowest BCUT2D eigenvalue weighted by atomic mass is 10.1. The van der Waals surface area contributed by atoms with Crippen molar-refractivity contribution in [2.45, 2.75) is 24.6 Å². The van der Waals surface area contributed by atoms with Crippen molar-refractivity contribution < 1.29 is 39.9 Å². The molecular weight excluding hydrogens is 374 g/mol. The highest BCUT2D eigenvalue weighted by Crippen LogP contribution is 2.18. The van der Waals surface area contributed by atoms with Crippen LogP contribution >= 0.6 is 0 Å². The highest BCUT2D eigenvalue weighted by molar-refractivity contribution is 5.92. The Bertz CT molecular complexity index is 682. The predicted molar refractivity (Wildman–Crippen MR) is 93.9 cm³/mol. The van der Waals surface area contributed by atoms with Crippen LogP contribution in [0.3, 0.4) is 0 Å². The van der Waals surface area contributed by atoms with Gasteiger partial charge >= 0.3 is 5.97 Å². The van der Waals surface area contributed by atoms with Gasteiger partial charge in [0.1, 0.15) is 18.3 Å². The second-order valence-corrected chi connectivity index (χ2v) is 5.38. The molecule has 0 aromatic carbocycles. The highest BCUT2D eigenvalue weighted by Gasteiger charge is 2.41. The van der Waals surface area contributed by atoms with Crippen molar-refractivity contribution in [3.8, 4) is 0 Å². The molecule has 1 saturated heterocycles. The number of aromatic carboxylic acids is 1. The van der Waals surface area contributed by atoms with Crippen LogP contribution in [-0.4, -0.2) is 78.6 Å². The Morgan fingerprint density at radius 2 is 1.54 bits per heavy atom. The molecule has 1 amide bonds. The molecule has 7 N–H and O–H groups in total. The fraction of sp³-hybridized carbons (Fsp3) is 0.294. The molecule has 0 aliphatic carbocycles. The van der Waals surface area contributed by atoms with Crippen molar-refractivity contribution >= 4 is 11.9 Å². The monoisotopic (exact) mass is 395 g/mol. The Balaban J connectivity index is 0.000000210. The molecule has 28 heavy (non-hydrogen) atoms. The second-order valence-electron chi connectivity index (χ2n) is 5.38. The normalized spacial score (nSPS) is 22.9. The molecular formula is C17H21N3O8. The first-order valence-corrected chi connectivity index (χ1v) is 7.91. The summed E-state index contributed by atoms with van der Waals surface area (Å²) in [4.78, 5) is 27.9. The van der Waals surface area contributed by atoms with E-state index >= 15 is 0 Å². The van der Waals surface area contributed by atoms with Gasteiger partial charge in [0, 0.05) is 24.8 Å². The number of hydrogen-bond acceptors (Lipinski definition) is 9. The number of carbonyl (C=O) groups is 2. The zero-order valence-corrected chi connectivity index (χ0v) is 14.6. The number of nitrogens with zero attached hydrogens (tertiary/aromatic N) is 2. The Morgan fingerprint density at radius 1 is 1.00 bits per heavy atom. The van der Waals surface area contributed by atoms with E-state index in [9.17, 15) is 9.59 Å². The van der Waals surface area contributed by atoms with E-state index in [1.54, 1.807) is 24.4 Å². The van der Waals surface area contributed by atoms with E-state index < -0.39 is 43.1 Å². The molecule has 1 aliphatic heterocycles. The van der Waals surface area contributed by atoms with Crippen LogP contribution in [0.15, 0.2) is 49.1 Å². The van der Waals surface area contributed by atoms with Crippen LogP contribution in [0.2, 0.25) is 0 Å². The average molecular weight is 395 g/mol. The number of ether oxygens (including phenoxy) is 1. The smallest absolute Gasteiger partial charge is 0.337 e. The van der Waals surface area contributed by atoms with Crippen LogP contribution in [0.25, 0.3) is 0 Å². The third-order valence-corrected chi connectivity index (χ3v) is 3.37. The molecule has 4 atom stereocenters. The third-order valence-electron chi connectivity index (χ3n) is 3.37. The van der Waals surface area contributed by atoms with Gasteiger partial charge in [-0.1, -0.05) is 0 Å². The first-order chi connectivity index (χ1) is 13.3. The van der Waals surface area contributed by atoms with Gasteiger partial charge in [-0.05, 0) is 24.3 Å². The van der Waals surface area contributed by atoms with Gasteiger partial charge in [0.05, 0.1) is 17.7 Å². The Morgan fingerprint density at radius 3 is 1.75 bits per heavy atom. The first kappa shape index (κ1) is 23.1. The first-order valence-electron chi connectivity index (χ1n) is 7.91. The van der Waals surface area contributed by atoms with E-state index in [-0.39, 0.29) is 5.56 Å². The summed E-state index contributed by atoms with van der Waals surface area (Å²) in [6.45, 7) is -0.407. The number of pyridine rings is 2. The summed E-state index contributed by atoms with van der Waals surface area (Å²) in [5, 5.41) is 43.3. The van der Waals surface area contributed by atoms with E-state index in [0.29, 0.717) is 5.56 Å². The third kappa shape index (κ3) is 7.34. The molecule has 152 valence electrons. The maximum Gasteiger partial charge on any atom is 0.337 e. The molecule has 2 aromatic rings. The number of aliphatic hydroxyl groups excluding tert-OH is 4. The topological polar surface area (TPSA) is 196 Å². The van der Waals surface area contributed by atoms with Crippen molar-refractivity contribution in [2.75, 3.05) is 6.61 Å². The van der Waals surface area contributed by atoms with Gasteiger partial charge in [-0.25, -0.2) is 4.79 Å².